The Morgan fingerprint density at radius 2 is 2.23 bits per heavy atom. The Morgan fingerprint density at radius 3 is 2.90 bits per heavy atom. The molecule has 0 fully saturated rings. The maximum absolute atomic E-state index is 14.4. The van der Waals surface area contributed by atoms with Crippen LogP contribution in [0.1, 0.15) is 28.5 Å². The minimum atomic E-state index is -0.730. The normalized spacial score (nSPS) is 18.7. The predicted molar refractivity (Wildman–Crippen MR) is 107 cm³/mol. The number of halogens is 1. The highest BCUT2D eigenvalue weighted by Crippen LogP contribution is 2.34. The molecule has 1 atom stereocenters. The molecule has 2 amide bonds. The van der Waals surface area contributed by atoms with E-state index in [1.807, 2.05) is 12.1 Å². The Kier molecular flexibility index (Phi) is 5.47. The zero-order valence-corrected chi connectivity index (χ0v) is 16.6. The van der Waals surface area contributed by atoms with Crippen molar-refractivity contribution in [2.24, 2.45) is 0 Å². The Hall–Kier alpha value is -3.30. The van der Waals surface area contributed by atoms with Gasteiger partial charge in [0.25, 0.3) is 11.8 Å². The summed E-state index contributed by atoms with van der Waals surface area (Å²) in [6, 6.07) is 6.55. The van der Waals surface area contributed by atoms with E-state index in [0.29, 0.717) is 36.6 Å². The molecule has 156 valence electrons. The van der Waals surface area contributed by atoms with Crippen LogP contribution < -0.4 is 15.4 Å². The van der Waals surface area contributed by atoms with Gasteiger partial charge in [-0.15, -0.1) is 0 Å². The molecule has 8 nitrogen and oxygen atoms in total. The number of anilines is 1. The first-order valence-corrected chi connectivity index (χ1v) is 9.50. The van der Waals surface area contributed by atoms with Crippen molar-refractivity contribution in [2.45, 2.75) is 19.6 Å². The second kappa shape index (κ2) is 8.21. The number of benzene rings is 1. The number of nitrogens with zero attached hydrogens (tertiary/aromatic N) is 2. The van der Waals surface area contributed by atoms with Gasteiger partial charge in [0.1, 0.15) is 5.69 Å². The fourth-order valence-electron chi connectivity index (χ4n) is 3.26. The summed E-state index contributed by atoms with van der Waals surface area (Å²) in [4.78, 5) is 33.3. The van der Waals surface area contributed by atoms with Gasteiger partial charge in [-0.05, 0) is 41.8 Å². The second-order valence-corrected chi connectivity index (χ2v) is 7.04. The third-order valence-electron chi connectivity index (χ3n) is 4.92. The van der Waals surface area contributed by atoms with Crippen molar-refractivity contribution in [1.82, 2.24) is 15.4 Å². The minimum Gasteiger partial charge on any atom is -0.476 e. The highest BCUT2D eigenvalue weighted by Gasteiger charge is 2.27. The lowest BCUT2D eigenvalue weighted by Gasteiger charge is -2.27. The number of carbonyl (C=O) groups excluding carboxylic acids is 2. The molecular formula is C21H21FN4O4. The zero-order chi connectivity index (χ0) is 21.3. The summed E-state index contributed by atoms with van der Waals surface area (Å²) in [5.41, 5.74) is 3.14. The Morgan fingerprint density at radius 1 is 1.40 bits per heavy atom. The predicted octanol–water partition coefficient (Wildman–Crippen LogP) is 2.13. The SMILES string of the molecule is CNC(=O)c1ccc(C2=CCN(Cc3cc(F)c4c(c3)NC(=O)C(C)O4)OC2)cn1. The highest BCUT2D eigenvalue weighted by molar-refractivity contribution is 5.97. The number of hydroxylamine groups is 2. The van der Waals surface area contributed by atoms with Crippen LogP contribution in [0, 0.1) is 5.82 Å². The molecule has 1 unspecified atom stereocenters. The smallest absolute Gasteiger partial charge is 0.269 e. The molecule has 4 rings (SSSR count). The fourth-order valence-corrected chi connectivity index (χ4v) is 3.26. The van der Waals surface area contributed by atoms with E-state index in [-0.39, 0.29) is 17.6 Å². The molecule has 0 spiro atoms. The van der Waals surface area contributed by atoms with Gasteiger partial charge >= 0.3 is 0 Å². The Bertz CT molecular complexity index is 1020. The fraction of sp³-hybridized carbons (Fsp3) is 0.286. The maximum atomic E-state index is 14.4. The molecule has 30 heavy (non-hydrogen) atoms. The van der Waals surface area contributed by atoms with Gasteiger partial charge in [-0.3, -0.25) is 19.4 Å². The summed E-state index contributed by atoms with van der Waals surface area (Å²) in [5, 5.41) is 6.89. The lowest BCUT2D eigenvalue weighted by atomic mass is 10.1. The van der Waals surface area contributed by atoms with Gasteiger partial charge in [0.05, 0.1) is 12.3 Å². The quantitative estimate of drug-likeness (QED) is 0.799. The molecule has 0 bridgehead atoms. The van der Waals surface area contributed by atoms with Gasteiger partial charge in [0, 0.05) is 26.3 Å². The van der Waals surface area contributed by atoms with Gasteiger partial charge < -0.3 is 15.4 Å². The standard InChI is InChI=1S/C21H21FN4O4/c1-12-20(27)25-18-8-13(7-16(22)19(18)30-12)10-26-6-5-15(11-29-26)14-3-4-17(24-9-14)21(28)23-2/h3-5,7-9,12H,6,10-11H2,1-2H3,(H,23,28)(H,25,27). The second-order valence-electron chi connectivity index (χ2n) is 7.04. The average molecular weight is 412 g/mol. The van der Waals surface area contributed by atoms with Crippen molar-refractivity contribution in [3.05, 3.63) is 59.2 Å². The summed E-state index contributed by atoms with van der Waals surface area (Å²) in [6.45, 7) is 2.73. The molecular weight excluding hydrogens is 391 g/mol. The third kappa shape index (κ3) is 4.03. The lowest BCUT2D eigenvalue weighted by molar-refractivity contribution is -0.150. The first-order chi connectivity index (χ1) is 14.4. The van der Waals surface area contributed by atoms with Crippen molar-refractivity contribution >= 4 is 23.1 Å². The molecule has 1 aromatic heterocycles. The molecule has 1 aromatic carbocycles. The van der Waals surface area contributed by atoms with Crippen LogP contribution in [-0.4, -0.2) is 48.2 Å². The van der Waals surface area contributed by atoms with Gasteiger partial charge in [-0.25, -0.2) is 4.39 Å². The van der Waals surface area contributed by atoms with E-state index in [1.165, 1.54) is 6.07 Å². The molecule has 0 saturated heterocycles. The number of fused-ring (bicyclic) bond motifs is 1. The molecule has 3 heterocycles. The van der Waals surface area contributed by atoms with Gasteiger partial charge in [-0.2, -0.15) is 5.06 Å². The van der Waals surface area contributed by atoms with Crippen molar-refractivity contribution in [1.29, 1.82) is 0 Å². The summed E-state index contributed by atoms with van der Waals surface area (Å²) in [7, 11) is 1.56. The van der Waals surface area contributed by atoms with Gasteiger partial charge in [0.2, 0.25) is 0 Å². The minimum absolute atomic E-state index is 0.0558. The number of nitrogens with one attached hydrogen (secondary N) is 2. The lowest BCUT2D eigenvalue weighted by Crippen LogP contribution is -2.35. The first kappa shape index (κ1) is 20.0. The summed E-state index contributed by atoms with van der Waals surface area (Å²) >= 11 is 0. The van der Waals surface area contributed by atoms with Crippen LogP contribution in [0.15, 0.2) is 36.5 Å². The number of ether oxygens (including phenoxy) is 1. The first-order valence-electron chi connectivity index (χ1n) is 9.50. The molecule has 9 heteroatoms. The van der Waals surface area contributed by atoms with E-state index in [2.05, 4.69) is 15.6 Å². The van der Waals surface area contributed by atoms with Crippen LogP contribution in [0.25, 0.3) is 5.57 Å². The monoisotopic (exact) mass is 412 g/mol. The van der Waals surface area contributed by atoms with E-state index < -0.39 is 11.9 Å². The molecule has 0 aliphatic carbocycles. The van der Waals surface area contributed by atoms with Crippen LogP contribution >= 0.6 is 0 Å². The van der Waals surface area contributed by atoms with E-state index in [9.17, 15) is 14.0 Å². The van der Waals surface area contributed by atoms with Crippen LogP contribution in [0.2, 0.25) is 0 Å². The number of carbonyl (C=O) groups is 2. The topological polar surface area (TPSA) is 92.8 Å². The molecule has 0 saturated carbocycles. The van der Waals surface area contributed by atoms with Crippen LogP contribution in [0.5, 0.6) is 5.75 Å². The van der Waals surface area contributed by atoms with E-state index in [4.69, 9.17) is 9.57 Å². The van der Waals surface area contributed by atoms with E-state index in [1.54, 1.807) is 37.4 Å². The molecule has 2 aromatic rings. The van der Waals surface area contributed by atoms with Crippen molar-refractivity contribution in [2.75, 3.05) is 25.5 Å². The molecule has 2 aliphatic heterocycles. The summed E-state index contributed by atoms with van der Waals surface area (Å²) in [5.74, 6) is -1.02. The third-order valence-corrected chi connectivity index (χ3v) is 4.92. The Labute approximate surface area is 172 Å². The molecule has 0 radical (unpaired) electrons. The number of hydrogen-bond acceptors (Lipinski definition) is 6. The van der Waals surface area contributed by atoms with Gasteiger partial charge in [0.15, 0.2) is 17.7 Å². The van der Waals surface area contributed by atoms with E-state index >= 15 is 0 Å². The van der Waals surface area contributed by atoms with Crippen molar-refractivity contribution in [3.8, 4) is 5.75 Å². The van der Waals surface area contributed by atoms with Crippen LogP contribution in [0.3, 0.4) is 0 Å². The number of rotatable bonds is 4. The van der Waals surface area contributed by atoms with Crippen LogP contribution in [-0.2, 0) is 16.2 Å². The average Bonchev–Trinajstić information content (AvgIpc) is 2.75. The summed E-state index contributed by atoms with van der Waals surface area (Å²) in [6.07, 6.45) is 2.91. The number of hydrogen-bond donors (Lipinski definition) is 2. The van der Waals surface area contributed by atoms with Crippen molar-refractivity contribution in [3.63, 3.8) is 0 Å². The highest BCUT2D eigenvalue weighted by atomic mass is 19.1. The largest absolute Gasteiger partial charge is 0.476 e. The maximum Gasteiger partial charge on any atom is 0.269 e. The molecule has 2 aliphatic rings. The molecule has 2 N–H and O–H groups in total. The summed E-state index contributed by atoms with van der Waals surface area (Å²) < 4.78 is 19.7. The Balaban J connectivity index is 1.43. The zero-order valence-electron chi connectivity index (χ0n) is 16.6. The number of pyridine rings is 1. The van der Waals surface area contributed by atoms with Crippen LogP contribution in [0.4, 0.5) is 10.1 Å². The number of amides is 2. The van der Waals surface area contributed by atoms with E-state index in [0.717, 1.165) is 11.1 Å². The van der Waals surface area contributed by atoms with Gasteiger partial charge in [-0.1, -0.05) is 12.1 Å². The number of aromatic nitrogens is 1. The van der Waals surface area contributed by atoms with Crippen molar-refractivity contribution < 1.29 is 23.6 Å².